The molecule has 2 atom stereocenters. The number of halogens is 1. The third-order valence-electron chi connectivity index (χ3n) is 3.54. The van der Waals surface area contributed by atoms with Gasteiger partial charge in [-0.3, -0.25) is 0 Å². The second-order valence-electron chi connectivity index (χ2n) is 4.69. The Labute approximate surface area is 110 Å². The summed E-state index contributed by atoms with van der Waals surface area (Å²) in [6.07, 6.45) is 2.74. The van der Waals surface area contributed by atoms with Crippen molar-refractivity contribution in [3.8, 4) is 0 Å². The number of aromatic nitrogens is 2. The zero-order valence-electron chi connectivity index (χ0n) is 10.2. The average Bonchev–Trinajstić information content (AvgIpc) is 2.33. The number of nitrogens with two attached hydrogens (primary N) is 1. The molecule has 1 saturated heterocycles. The number of hydrazine groups is 1. The fourth-order valence-corrected chi connectivity index (χ4v) is 2.71. The molecule has 0 spiro atoms. The van der Waals surface area contributed by atoms with Gasteiger partial charge in [-0.2, -0.15) is 0 Å². The van der Waals surface area contributed by atoms with Crippen LogP contribution < -0.4 is 16.2 Å². The Morgan fingerprint density at radius 3 is 2.82 bits per heavy atom. The predicted octanol–water partition coefficient (Wildman–Crippen LogP) is 2.01. The summed E-state index contributed by atoms with van der Waals surface area (Å²) in [5, 5.41) is 0. The molecule has 2 rings (SSSR count). The number of nitrogen functional groups attached to an aromatic ring is 1. The number of nitrogens with one attached hydrogen (secondary N) is 1. The highest BCUT2D eigenvalue weighted by Gasteiger charge is 2.25. The predicted molar refractivity (Wildman–Crippen MR) is 72.7 cm³/mol. The maximum absolute atomic E-state index is 5.41. The highest BCUT2D eigenvalue weighted by molar-refractivity contribution is 9.10. The van der Waals surface area contributed by atoms with Crippen LogP contribution in [0.2, 0.25) is 0 Å². The van der Waals surface area contributed by atoms with Crippen LogP contribution >= 0.6 is 15.9 Å². The summed E-state index contributed by atoms with van der Waals surface area (Å²) in [5.41, 5.74) is 2.57. The van der Waals surface area contributed by atoms with E-state index < -0.39 is 0 Å². The first-order valence-electron chi connectivity index (χ1n) is 5.85. The van der Waals surface area contributed by atoms with E-state index in [1.165, 1.54) is 12.7 Å². The lowest BCUT2D eigenvalue weighted by Gasteiger charge is -2.36. The van der Waals surface area contributed by atoms with Crippen molar-refractivity contribution in [3.05, 3.63) is 10.8 Å². The molecule has 5 nitrogen and oxygen atoms in total. The first-order valence-corrected chi connectivity index (χ1v) is 6.64. The second kappa shape index (κ2) is 5.18. The quantitative estimate of drug-likeness (QED) is 0.646. The first kappa shape index (κ1) is 12.6. The van der Waals surface area contributed by atoms with Gasteiger partial charge in [0.1, 0.15) is 16.6 Å². The van der Waals surface area contributed by atoms with Crippen LogP contribution in [0.25, 0.3) is 0 Å². The molecule has 0 saturated carbocycles. The molecule has 0 amide bonds. The molecular formula is C11H18BrN5. The van der Waals surface area contributed by atoms with E-state index in [1.54, 1.807) is 0 Å². The van der Waals surface area contributed by atoms with E-state index in [0.717, 1.165) is 29.3 Å². The van der Waals surface area contributed by atoms with Crippen molar-refractivity contribution in [1.29, 1.82) is 0 Å². The van der Waals surface area contributed by atoms with Crippen LogP contribution in [0, 0.1) is 11.8 Å². The molecule has 1 aliphatic rings. The molecule has 0 aromatic carbocycles. The molecule has 17 heavy (non-hydrogen) atoms. The Morgan fingerprint density at radius 2 is 2.18 bits per heavy atom. The molecule has 1 aliphatic heterocycles. The molecule has 1 fully saturated rings. The van der Waals surface area contributed by atoms with Gasteiger partial charge in [0.05, 0.1) is 0 Å². The molecule has 6 heteroatoms. The summed E-state index contributed by atoms with van der Waals surface area (Å²) in [7, 11) is 0. The Hall–Kier alpha value is -0.880. The molecule has 1 aromatic heterocycles. The molecule has 94 valence electrons. The van der Waals surface area contributed by atoms with Crippen LogP contribution in [0.5, 0.6) is 0 Å². The molecule has 1 aromatic rings. The van der Waals surface area contributed by atoms with Crippen molar-refractivity contribution in [2.24, 2.45) is 17.7 Å². The van der Waals surface area contributed by atoms with E-state index in [4.69, 9.17) is 5.84 Å². The molecule has 0 bridgehead atoms. The van der Waals surface area contributed by atoms with Crippen LogP contribution in [0.1, 0.15) is 20.3 Å². The number of anilines is 2. The van der Waals surface area contributed by atoms with E-state index >= 15 is 0 Å². The molecular weight excluding hydrogens is 282 g/mol. The summed E-state index contributed by atoms with van der Waals surface area (Å²) in [6.45, 7) is 6.66. The van der Waals surface area contributed by atoms with Crippen LogP contribution in [0.3, 0.4) is 0 Å². The van der Waals surface area contributed by atoms with Gasteiger partial charge in [0, 0.05) is 13.1 Å². The zero-order valence-corrected chi connectivity index (χ0v) is 11.7. The minimum atomic E-state index is 0.626. The number of hydrogen-bond donors (Lipinski definition) is 2. The summed E-state index contributed by atoms with van der Waals surface area (Å²) < 4.78 is 0.837. The highest BCUT2D eigenvalue weighted by atomic mass is 79.9. The monoisotopic (exact) mass is 299 g/mol. The summed E-state index contributed by atoms with van der Waals surface area (Å²) in [5.74, 6) is 8.42. The Bertz CT molecular complexity index is 397. The van der Waals surface area contributed by atoms with Crippen molar-refractivity contribution >= 4 is 27.6 Å². The third kappa shape index (κ3) is 2.52. The maximum Gasteiger partial charge on any atom is 0.159 e. The van der Waals surface area contributed by atoms with Gasteiger partial charge in [-0.05, 0) is 34.2 Å². The van der Waals surface area contributed by atoms with E-state index in [2.05, 4.69) is 50.1 Å². The topological polar surface area (TPSA) is 67.1 Å². The van der Waals surface area contributed by atoms with Gasteiger partial charge in [-0.1, -0.05) is 13.8 Å². The van der Waals surface area contributed by atoms with Crippen molar-refractivity contribution < 1.29 is 0 Å². The maximum atomic E-state index is 5.41. The van der Waals surface area contributed by atoms with Crippen molar-refractivity contribution in [2.45, 2.75) is 20.3 Å². The van der Waals surface area contributed by atoms with Gasteiger partial charge in [0.2, 0.25) is 0 Å². The fraction of sp³-hybridized carbons (Fsp3) is 0.636. The lowest BCUT2D eigenvalue weighted by molar-refractivity contribution is 0.322. The summed E-state index contributed by atoms with van der Waals surface area (Å²) in [6, 6.07) is 0. The van der Waals surface area contributed by atoms with Crippen LogP contribution in [0.4, 0.5) is 11.6 Å². The summed E-state index contributed by atoms with van der Waals surface area (Å²) in [4.78, 5) is 10.7. The van der Waals surface area contributed by atoms with Gasteiger partial charge < -0.3 is 10.3 Å². The van der Waals surface area contributed by atoms with Crippen LogP contribution in [-0.2, 0) is 0 Å². The van der Waals surface area contributed by atoms with Crippen molar-refractivity contribution in [1.82, 2.24) is 9.97 Å². The second-order valence-corrected chi connectivity index (χ2v) is 5.49. The number of nitrogens with zero attached hydrogens (tertiary/aromatic N) is 3. The molecule has 3 N–H and O–H groups in total. The zero-order chi connectivity index (χ0) is 12.4. The van der Waals surface area contributed by atoms with E-state index in [0.29, 0.717) is 11.7 Å². The third-order valence-corrected chi connectivity index (χ3v) is 4.27. The first-order chi connectivity index (χ1) is 8.13. The molecule has 2 unspecified atom stereocenters. The highest BCUT2D eigenvalue weighted by Crippen LogP contribution is 2.32. The van der Waals surface area contributed by atoms with Crippen molar-refractivity contribution in [2.75, 3.05) is 23.4 Å². The van der Waals surface area contributed by atoms with Gasteiger partial charge in [0.25, 0.3) is 0 Å². The van der Waals surface area contributed by atoms with E-state index in [1.807, 2.05) is 0 Å². The molecule has 0 aliphatic carbocycles. The lowest BCUT2D eigenvalue weighted by Crippen LogP contribution is -2.39. The minimum absolute atomic E-state index is 0.626. The van der Waals surface area contributed by atoms with Crippen molar-refractivity contribution in [3.63, 3.8) is 0 Å². The van der Waals surface area contributed by atoms with Gasteiger partial charge in [0.15, 0.2) is 5.82 Å². The standard InChI is InChI=1S/C11H18BrN5/c1-7-3-4-17(5-8(7)2)11-9(12)10(16-13)14-6-15-11/h6-8H,3-5,13H2,1-2H3,(H,14,15,16). The molecule has 0 radical (unpaired) electrons. The lowest BCUT2D eigenvalue weighted by atomic mass is 9.89. The Kier molecular flexibility index (Phi) is 3.83. The van der Waals surface area contributed by atoms with Gasteiger partial charge in [-0.15, -0.1) is 0 Å². The van der Waals surface area contributed by atoms with Gasteiger partial charge in [-0.25, -0.2) is 15.8 Å². The summed E-state index contributed by atoms with van der Waals surface area (Å²) >= 11 is 3.50. The average molecular weight is 300 g/mol. The Morgan fingerprint density at radius 1 is 1.41 bits per heavy atom. The van der Waals surface area contributed by atoms with E-state index in [-0.39, 0.29) is 0 Å². The Balaban J connectivity index is 2.23. The normalized spacial score (nSPS) is 24.8. The SMILES string of the molecule is CC1CCN(c2ncnc(NN)c2Br)CC1C. The number of rotatable bonds is 2. The van der Waals surface area contributed by atoms with Crippen LogP contribution in [0.15, 0.2) is 10.8 Å². The molecule has 2 heterocycles. The number of hydrogen-bond acceptors (Lipinski definition) is 5. The number of piperidine rings is 1. The van der Waals surface area contributed by atoms with E-state index in [9.17, 15) is 0 Å². The minimum Gasteiger partial charge on any atom is -0.355 e. The van der Waals surface area contributed by atoms with Crippen LogP contribution in [-0.4, -0.2) is 23.1 Å². The fourth-order valence-electron chi connectivity index (χ4n) is 2.14. The van der Waals surface area contributed by atoms with Gasteiger partial charge >= 0.3 is 0 Å². The largest absolute Gasteiger partial charge is 0.355 e. The smallest absolute Gasteiger partial charge is 0.159 e.